The van der Waals surface area contributed by atoms with E-state index in [0.29, 0.717) is 33.4 Å². The maximum atomic E-state index is 14.9. The normalized spacial score (nSPS) is 12.1. The standard InChI is InChI=1S/C43H32F2O5/c1-27(33-17-23-37(39(44)25-33)29-9-5-3-6-10-29)41(46)31-13-19-35(20-14-31)49-43(48)50-36-21-15-32(16-22-36)42(47)28(2)34-18-24-38(40(45)26-34)30-11-7-4-8-12-30/h3-28H,1-2H3/t27-,28-/m0/s1. The fourth-order valence-electron chi connectivity index (χ4n) is 5.70. The van der Waals surface area contributed by atoms with Crippen molar-refractivity contribution in [2.45, 2.75) is 25.7 Å². The lowest BCUT2D eigenvalue weighted by Gasteiger charge is -2.14. The second-order valence-corrected chi connectivity index (χ2v) is 11.9. The molecule has 6 aromatic rings. The Balaban J connectivity index is 1.03. The van der Waals surface area contributed by atoms with E-state index in [9.17, 15) is 23.2 Å². The van der Waals surface area contributed by atoms with Crippen LogP contribution >= 0.6 is 0 Å². The quantitative estimate of drug-likeness (QED) is 0.0827. The number of carbonyl (C=O) groups excluding carboxylic acids is 3. The Kier molecular flexibility index (Phi) is 10.0. The summed E-state index contributed by atoms with van der Waals surface area (Å²) in [6.45, 7) is 3.42. The van der Waals surface area contributed by atoms with Crippen LogP contribution in [0.25, 0.3) is 22.3 Å². The van der Waals surface area contributed by atoms with Crippen LogP contribution in [0, 0.1) is 11.6 Å². The van der Waals surface area contributed by atoms with E-state index in [1.54, 1.807) is 38.1 Å². The summed E-state index contributed by atoms with van der Waals surface area (Å²) in [5.74, 6) is -2.16. The smallest absolute Gasteiger partial charge is 0.395 e. The minimum atomic E-state index is -1.01. The fourth-order valence-corrected chi connectivity index (χ4v) is 5.70. The molecule has 0 radical (unpaired) electrons. The van der Waals surface area contributed by atoms with E-state index in [1.165, 1.54) is 60.7 Å². The number of ether oxygens (including phenoxy) is 2. The molecule has 0 N–H and O–H groups in total. The summed E-state index contributed by atoms with van der Waals surface area (Å²) < 4.78 is 40.4. The van der Waals surface area contributed by atoms with Crippen LogP contribution in [-0.2, 0) is 0 Å². The molecule has 6 aromatic carbocycles. The summed E-state index contributed by atoms with van der Waals surface area (Å²) in [5, 5.41) is 0. The molecule has 0 fully saturated rings. The summed E-state index contributed by atoms with van der Waals surface area (Å²) in [6, 6.07) is 40.0. The number of carbonyl (C=O) groups is 3. The highest BCUT2D eigenvalue weighted by Gasteiger charge is 2.21. The summed E-state index contributed by atoms with van der Waals surface area (Å²) in [4.78, 5) is 38.8. The molecule has 0 saturated carbocycles. The SMILES string of the molecule is C[C@H](C(=O)c1ccc(OC(=O)Oc2ccc(C(=O)[C@@H](C)c3ccc(-c4ccccc4)c(F)c3)cc2)cc1)c1ccc(-c2ccccc2)c(F)c1. The molecule has 0 aliphatic carbocycles. The molecule has 2 atom stereocenters. The van der Waals surface area contributed by atoms with Gasteiger partial charge in [-0.25, -0.2) is 13.6 Å². The van der Waals surface area contributed by atoms with Gasteiger partial charge in [0.15, 0.2) is 11.6 Å². The average molecular weight is 667 g/mol. The predicted molar refractivity (Wildman–Crippen MR) is 189 cm³/mol. The van der Waals surface area contributed by atoms with Crippen molar-refractivity contribution in [3.05, 3.63) is 179 Å². The zero-order valence-electron chi connectivity index (χ0n) is 27.3. The highest BCUT2D eigenvalue weighted by atomic mass is 19.1. The molecule has 50 heavy (non-hydrogen) atoms. The molecule has 0 saturated heterocycles. The molecule has 0 bridgehead atoms. The molecule has 0 amide bonds. The van der Waals surface area contributed by atoms with Crippen LogP contribution in [-0.4, -0.2) is 17.7 Å². The van der Waals surface area contributed by atoms with Gasteiger partial charge in [-0.05, 0) is 82.9 Å². The van der Waals surface area contributed by atoms with E-state index < -0.39 is 29.6 Å². The van der Waals surface area contributed by atoms with E-state index in [0.717, 1.165) is 11.1 Å². The molecule has 6 rings (SSSR count). The molecule has 0 unspecified atom stereocenters. The van der Waals surface area contributed by atoms with Crippen molar-refractivity contribution in [3.63, 3.8) is 0 Å². The summed E-state index contributed by atoms with van der Waals surface area (Å²) >= 11 is 0. The number of Topliss-reactive ketones (excluding diaryl/α,β-unsaturated/α-hetero) is 2. The van der Waals surface area contributed by atoms with Crippen molar-refractivity contribution in [2.75, 3.05) is 0 Å². The average Bonchev–Trinajstić information content (AvgIpc) is 3.15. The summed E-state index contributed by atoms with van der Waals surface area (Å²) in [7, 11) is 0. The Bertz CT molecular complexity index is 1990. The van der Waals surface area contributed by atoms with Gasteiger partial charge in [-0.2, -0.15) is 0 Å². The Labute approximate surface area is 288 Å². The van der Waals surface area contributed by atoms with Crippen molar-refractivity contribution in [1.29, 1.82) is 0 Å². The first kappa shape index (κ1) is 33.7. The van der Waals surface area contributed by atoms with Crippen molar-refractivity contribution >= 4 is 17.7 Å². The summed E-state index contributed by atoms with van der Waals surface area (Å²) in [5.41, 5.74) is 4.25. The maximum Gasteiger partial charge on any atom is 0.519 e. The molecule has 5 nitrogen and oxygen atoms in total. The van der Waals surface area contributed by atoms with Crippen molar-refractivity contribution < 1.29 is 32.6 Å². The van der Waals surface area contributed by atoms with Gasteiger partial charge in [0, 0.05) is 34.1 Å². The molecule has 0 aromatic heterocycles. The number of ketones is 2. The van der Waals surface area contributed by atoms with E-state index in [1.807, 2.05) is 60.7 Å². The number of rotatable bonds is 10. The minimum absolute atomic E-state index is 0.156. The lowest BCUT2D eigenvalue weighted by atomic mass is 9.91. The van der Waals surface area contributed by atoms with Gasteiger partial charge >= 0.3 is 6.16 Å². The number of benzene rings is 6. The first-order chi connectivity index (χ1) is 24.2. The predicted octanol–water partition coefficient (Wildman–Crippen LogP) is 10.8. The molecule has 0 aliphatic rings. The third-order valence-corrected chi connectivity index (χ3v) is 8.62. The van der Waals surface area contributed by atoms with Crippen LogP contribution in [0.2, 0.25) is 0 Å². The highest BCUT2D eigenvalue weighted by molar-refractivity contribution is 6.01. The first-order valence-electron chi connectivity index (χ1n) is 16.1. The first-order valence-corrected chi connectivity index (χ1v) is 16.1. The van der Waals surface area contributed by atoms with Crippen LogP contribution in [0.1, 0.15) is 57.5 Å². The second kappa shape index (κ2) is 14.9. The monoisotopic (exact) mass is 666 g/mol. The van der Waals surface area contributed by atoms with Crippen LogP contribution in [0.15, 0.2) is 146 Å². The Morgan fingerprint density at radius 1 is 0.480 bits per heavy atom. The van der Waals surface area contributed by atoms with Gasteiger partial charge in [0.1, 0.15) is 23.1 Å². The van der Waals surface area contributed by atoms with Gasteiger partial charge < -0.3 is 9.47 Å². The Hall–Kier alpha value is -6.21. The van der Waals surface area contributed by atoms with Crippen LogP contribution in [0.4, 0.5) is 13.6 Å². The number of hydrogen-bond acceptors (Lipinski definition) is 5. The Morgan fingerprint density at radius 2 is 0.840 bits per heavy atom. The number of halogens is 2. The number of hydrogen-bond donors (Lipinski definition) is 0. The third kappa shape index (κ3) is 7.58. The van der Waals surface area contributed by atoms with E-state index in [4.69, 9.17) is 9.47 Å². The van der Waals surface area contributed by atoms with E-state index >= 15 is 0 Å². The van der Waals surface area contributed by atoms with Gasteiger partial charge in [-0.15, -0.1) is 0 Å². The van der Waals surface area contributed by atoms with Gasteiger partial charge in [-0.3, -0.25) is 9.59 Å². The van der Waals surface area contributed by atoms with Gasteiger partial charge in [-0.1, -0.05) is 98.8 Å². The molecule has 0 spiro atoms. The van der Waals surface area contributed by atoms with Crippen LogP contribution < -0.4 is 9.47 Å². The van der Waals surface area contributed by atoms with Crippen LogP contribution in [0.5, 0.6) is 11.5 Å². The summed E-state index contributed by atoms with van der Waals surface area (Å²) in [6.07, 6.45) is -1.01. The molecule has 0 heterocycles. The van der Waals surface area contributed by atoms with Gasteiger partial charge in [0.25, 0.3) is 0 Å². The lowest BCUT2D eigenvalue weighted by Crippen LogP contribution is -2.14. The minimum Gasteiger partial charge on any atom is -0.395 e. The second-order valence-electron chi connectivity index (χ2n) is 11.9. The van der Waals surface area contributed by atoms with Crippen LogP contribution in [0.3, 0.4) is 0 Å². The maximum absolute atomic E-state index is 14.9. The molecule has 7 heteroatoms. The lowest BCUT2D eigenvalue weighted by molar-refractivity contribution is 0.0958. The van der Waals surface area contributed by atoms with E-state index in [2.05, 4.69) is 0 Å². The molecule has 248 valence electrons. The fraction of sp³-hybridized carbons (Fsp3) is 0.0930. The van der Waals surface area contributed by atoms with Crippen molar-refractivity contribution in [1.82, 2.24) is 0 Å². The largest absolute Gasteiger partial charge is 0.519 e. The van der Waals surface area contributed by atoms with Crippen molar-refractivity contribution in [3.8, 4) is 33.8 Å². The Morgan fingerprint density at radius 3 is 1.18 bits per heavy atom. The van der Waals surface area contributed by atoms with E-state index in [-0.39, 0.29) is 23.1 Å². The molecular formula is C43H32F2O5. The van der Waals surface area contributed by atoms with Crippen molar-refractivity contribution in [2.24, 2.45) is 0 Å². The third-order valence-electron chi connectivity index (χ3n) is 8.62. The zero-order chi connectivity index (χ0) is 35.2. The van der Waals surface area contributed by atoms with Gasteiger partial charge in [0.2, 0.25) is 0 Å². The molecular weight excluding hydrogens is 634 g/mol. The zero-order valence-corrected chi connectivity index (χ0v) is 27.3. The highest BCUT2D eigenvalue weighted by Crippen LogP contribution is 2.30. The topological polar surface area (TPSA) is 69.7 Å². The van der Waals surface area contributed by atoms with Gasteiger partial charge in [0.05, 0.1) is 0 Å². The molecule has 0 aliphatic heterocycles.